The van der Waals surface area contributed by atoms with Crippen molar-refractivity contribution in [2.45, 2.75) is 12.7 Å². The molecule has 0 spiro atoms. The van der Waals surface area contributed by atoms with Gasteiger partial charge in [0.15, 0.2) is 0 Å². The first-order chi connectivity index (χ1) is 6.55. The van der Waals surface area contributed by atoms with Crippen molar-refractivity contribution in [3.63, 3.8) is 0 Å². The number of hydrogen-bond donors (Lipinski definition) is 1. The van der Waals surface area contributed by atoms with E-state index in [1.54, 1.807) is 12.1 Å². The highest BCUT2D eigenvalue weighted by atomic mass is 16.7. The Morgan fingerprint density at radius 2 is 2.07 bits per heavy atom. The van der Waals surface area contributed by atoms with Crippen molar-refractivity contribution in [2.75, 3.05) is 0 Å². The molecule has 0 saturated carbocycles. The number of Topliss-reactive ketones (excluding diaryl/α,β-unsaturated/α-hetero) is 1. The van der Waals surface area contributed by atoms with Gasteiger partial charge in [0.1, 0.15) is 0 Å². The maximum Gasteiger partial charge on any atom is 0.341 e. The molecule has 1 unspecified atom stereocenters. The van der Waals surface area contributed by atoms with Gasteiger partial charge < -0.3 is 9.84 Å². The number of esters is 1. The third-order valence-electron chi connectivity index (χ3n) is 2.23. The Morgan fingerprint density at radius 3 is 2.71 bits per heavy atom. The van der Waals surface area contributed by atoms with E-state index in [0.717, 1.165) is 0 Å². The molecule has 2 rings (SSSR count). The highest BCUT2D eigenvalue weighted by Crippen LogP contribution is 2.34. The first-order valence-corrected chi connectivity index (χ1v) is 4.12. The lowest BCUT2D eigenvalue weighted by atomic mass is 10.00. The summed E-state index contributed by atoms with van der Waals surface area (Å²) in [7, 11) is 0. The van der Waals surface area contributed by atoms with Gasteiger partial charge in [-0.1, -0.05) is 18.2 Å². The fourth-order valence-electron chi connectivity index (χ4n) is 1.46. The Balaban J connectivity index is 2.65. The van der Waals surface area contributed by atoms with Gasteiger partial charge in [0, 0.05) is 12.5 Å². The SMILES string of the molecule is CC(=O)C1(O)OC(=O)c2ccccc21. The first-order valence-electron chi connectivity index (χ1n) is 4.12. The van der Waals surface area contributed by atoms with Crippen LogP contribution >= 0.6 is 0 Å². The minimum Gasteiger partial charge on any atom is -0.417 e. The third kappa shape index (κ3) is 0.975. The molecule has 4 heteroatoms. The van der Waals surface area contributed by atoms with E-state index in [0.29, 0.717) is 0 Å². The Labute approximate surface area is 80.1 Å². The fourth-order valence-corrected chi connectivity index (χ4v) is 1.46. The van der Waals surface area contributed by atoms with Crippen LogP contribution in [0.1, 0.15) is 22.8 Å². The van der Waals surface area contributed by atoms with Crippen LogP contribution in [0.4, 0.5) is 0 Å². The number of ether oxygens (including phenoxy) is 1. The summed E-state index contributed by atoms with van der Waals surface area (Å²) >= 11 is 0. The van der Waals surface area contributed by atoms with E-state index >= 15 is 0 Å². The summed E-state index contributed by atoms with van der Waals surface area (Å²) in [6.07, 6.45) is 0. The number of fused-ring (bicyclic) bond motifs is 1. The Kier molecular flexibility index (Phi) is 1.69. The van der Waals surface area contributed by atoms with Crippen molar-refractivity contribution >= 4 is 11.8 Å². The van der Waals surface area contributed by atoms with Gasteiger partial charge in [-0.3, -0.25) is 4.79 Å². The molecule has 0 fully saturated rings. The van der Waals surface area contributed by atoms with E-state index in [9.17, 15) is 14.7 Å². The summed E-state index contributed by atoms with van der Waals surface area (Å²) in [5.74, 6) is -3.36. The quantitative estimate of drug-likeness (QED) is 0.661. The molecule has 0 saturated heterocycles. The zero-order valence-corrected chi connectivity index (χ0v) is 7.48. The Bertz CT molecular complexity index is 424. The van der Waals surface area contributed by atoms with Crippen molar-refractivity contribution < 1.29 is 19.4 Å². The average Bonchev–Trinajstić information content (AvgIpc) is 2.42. The lowest BCUT2D eigenvalue weighted by Gasteiger charge is -2.17. The average molecular weight is 192 g/mol. The van der Waals surface area contributed by atoms with E-state index < -0.39 is 17.5 Å². The fraction of sp³-hybridized carbons (Fsp3) is 0.200. The van der Waals surface area contributed by atoms with Gasteiger partial charge in [0.05, 0.1) is 5.56 Å². The summed E-state index contributed by atoms with van der Waals surface area (Å²) in [5, 5.41) is 9.80. The summed E-state index contributed by atoms with van der Waals surface area (Å²) in [5.41, 5.74) is 0.461. The predicted molar refractivity (Wildman–Crippen MR) is 46.4 cm³/mol. The molecule has 1 aliphatic rings. The maximum atomic E-state index is 11.3. The molecule has 0 radical (unpaired) electrons. The highest BCUT2D eigenvalue weighted by molar-refractivity contribution is 6.01. The molecule has 0 amide bonds. The van der Waals surface area contributed by atoms with Crippen LogP contribution < -0.4 is 0 Å². The molecule has 0 aromatic heterocycles. The summed E-state index contributed by atoms with van der Waals surface area (Å²) in [4.78, 5) is 22.4. The molecule has 1 aromatic rings. The van der Waals surface area contributed by atoms with E-state index in [2.05, 4.69) is 4.74 Å². The number of aliphatic hydroxyl groups is 1. The van der Waals surface area contributed by atoms with Gasteiger partial charge in [-0.05, 0) is 6.07 Å². The van der Waals surface area contributed by atoms with Crippen LogP contribution in [0.25, 0.3) is 0 Å². The minimum atomic E-state index is -2.09. The highest BCUT2D eigenvalue weighted by Gasteiger charge is 2.47. The molecule has 1 atom stereocenters. The summed E-state index contributed by atoms with van der Waals surface area (Å²) in [6, 6.07) is 6.29. The number of hydrogen-bond acceptors (Lipinski definition) is 4. The largest absolute Gasteiger partial charge is 0.417 e. The van der Waals surface area contributed by atoms with Crippen LogP contribution in [0.3, 0.4) is 0 Å². The standard InChI is InChI=1S/C10H8O4/c1-6(11)10(13)8-5-3-2-4-7(8)9(12)14-10/h2-5,13H,1H3. The van der Waals surface area contributed by atoms with Crippen LogP contribution in [-0.4, -0.2) is 16.9 Å². The summed E-state index contributed by atoms with van der Waals surface area (Å²) < 4.78 is 4.65. The predicted octanol–water partition coefficient (Wildman–Crippen LogP) is 0.591. The lowest BCUT2D eigenvalue weighted by Crippen LogP contribution is -2.33. The van der Waals surface area contributed by atoms with Gasteiger partial charge in [-0.2, -0.15) is 0 Å². The van der Waals surface area contributed by atoms with Gasteiger partial charge in [-0.25, -0.2) is 4.79 Å². The minimum absolute atomic E-state index is 0.220. The van der Waals surface area contributed by atoms with Crippen molar-refractivity contribution in [3.05, 3.63) is 35.4 Å². The number of cyclic esters (lactones) is 1. The van der Waals surface area contributed by atoms with Crippen LogP contribution in [0, 0.1) is 0 Å². The molecule has 14 heavy (non-hydrogen) atoms. The van der Waals surface area contributed by atoms with Crippen molar-refractivity contribution in [1.29, 1.82) is 0 Å². The number of carbonyl (C=O) groups is 2. The van der Waals surface area contributed by atoms with E-state index in [4.69, 9.17) is 0 Å². The van der Waals surface area contributed by atoms with Crippen LogP contribution in [0.15, 0.2) is 24.3 Å². The number of benzene rings is 1. The van der Waals surface area contributed by atoms with E-state index in [-0.39, 0.29) is 11.1 Å². The molecule has 0 bridgehead atoms. The van der Waals surface area contributed by atoms with E-state index in [1.165, 1.54) is 19.1 Å². The topological polar surface area (TPSA) is 63.6 Å². The van der Waals surface area contributed by atoms with Gasteiger partial charge in [0.25, 0.3) is 5.79 Å². The summed E-state index contributed by atoms with van der Waals surface area (Å²) in [6.45, 7) is 1.18. The van der Waals surface area contributed by atoms with Gasteiger partial charge in [0.2, 0.25) is 5.78 Å². The zero-order chi connectivity index (χ0) is 10.3. The lowest BCUT2D eigenvalue weighted by molar-refractivity contribution is -0.181. The van der Waals surface area contributed by atoms with Gasteiger partial charge >= 0.3 is 5.97 Å². The van der Waals surface area contributed by atoms with Crippen molar-refractivity contribution in [1.82, 2.24) is 0 Å². The number of carbonyl (C=O) groups excluding carboxylic acids is 2. The molecule has 72 valence electrons. The van der Waals surface area contributed by atoms with Gasteiger partial charge in [-0.15, -0.1) is 0 Å². The third-order valence-corrected chi connectivity index (χ3v) is 2.23. The van der Waals surface area contributed by atoms with Crippen LogP contribution in [-0.2, 0) is 15.3 Å². The van der Waals surface area contributed by atoms with Crippen molar-refractivity contribution in [3.8, 4) is 0 Å². The molecular weight excluding hydrogens is 184 g/mol. The Morgan fingerprint density at radius 1 is 1.43 bits per heavy atom. The molecule has 4 nitrogen and oxygen atoms in total. The number of ketones is 1. The van der Waals surface area contributed by atoms with Crippen molar-refractivity contribution in [2.24, 2.45) is 0 Å². The second-order valence-electron chi connectivity index (χ2n) is 3.14. The van der Waals surface area contributed by atoms with Crippen LogP contribution in [0.5, 0.6) is 0 Å². The zero-order valence-electron chi connectivity index (χ0n) is 7.48. The smallest absolute Gasteiger partial charge is 0.341 e. The first kappa shape index (κ1) is 8.90. The normalized spacial score (nSPS) is 24.3. The van der Waals surface area contributed by atoms with Crippen LogP contribution in [0.2, 0.25) is 0 Å². The molecule has 1 aliphatic heterocycles. The molecular formula is C10H8O4. The second-order valence-corrected chi connectivity index (χ2v) is 3.14. The second kappa shape index (κ2) is 2.65. The molecule has 0 aliphatic carbocycles. The maximum absolute atomic E-state index is 11.3. The van der Waals surface area contributed by atoms with E-state index in [1.807, 2.05) is 0 Å². The monoisotopic (exact) mass is 192 g/mol. The molecule has 1 heterocycles. The molecule has 1 aromatic carbocycles. The molecule has 1 N–H and O–H groups in total. The Hall–Kier alpha value is -1.68. The number of rotatable bonds is 1.